The molecule has 1 heterocycles. The average molecular weight is 305 g/mol. The second kappa shape index (κ2) is 8.13. The number of allylic oxidation sites excluding steroid dienone is 1. The van der Waals surface area contributed by atoms with Gasteiger partial charge in [0.05, 0.1) is 7.11 Å². The summed E-state index contributed by atoms with van der Waals surface area (Å²) in [6.07, 6.45) is 5.68. The predicted octanol–water partition coefficient (Wildman–Crippen LogP) is 3.60. The second-order valence-electron chi connectivity index (χ2n) is 5.26. The summed E-state index contributed by atoms with van der Waals surface area (Å²) in [4.78, 5) is 15.0. The Kier molecular flexibility index (Phi) is 6.18. The molecule has 1 saturated heterocycles. The smallest absolute Gasteiger partial charge is 0.246 e. The summed E-state index contributed by atoms with van der Waals surface area (Å²) in [6.45, 7) is 3.66. The van der Waals surface area contributed by atoms with Crippen molar-refractivity contribution in [1.29, 1.82) is 0 Å². The molecule has 0 radical (unpaired) electrons. The quantitative estimate of drug-likeness (QED) is 0.615. The predicted molar refractivity (Wildman–Crippen MR) is 87.8 cm³/mol. The summed E-state index contributed by atoms with van der Waals surface area (Å²) in [5.74, 6) is 2.87. The third-order valence-corrected chi connectivity index (χ3v) is 5.02. The van der Waals surface area contributed by atoms with E-state index in [4.69, 9.17) is 4.74 Å². The van der Waals surface area contributed by atoms with Gasteiger partial charge in [-0.15, -0.1) is 11.8 Å². The Hall–Kier alpha value is -1.42. The van der Waals surface area contributed by atoms with Crippen LogP contribution in [0.25, 0.3) is 0 Å². The number of piperidine rings is 1. The minimum Gasteiger partial charge on any atom is -0.497 e. The number of rotatable bonds is 5. The molecule has 2 rings (SSSR count). The van der Waals surface area contributed by atoms with Gasteiger partial charge >= 0.3 is 0 Å². The molecule has 4 heteroatoms. The van der Waals surface area contributed by atoms with E-state index in [2.05, 4.69) is 12.1 Å². The highest BCUT2D eigenvalue weighted by molar-refractivity contribution is 7.99. The highest BCUT2D eigenvalue weighted by atomic mass is 32.2. The largest absolute Gasteiger partial charge is 0.497 e. The van der Waals surface area contributed by atoms with Crippen LogP contribution in [0.15, 0.2) is 41.3 Å². The molecule has 0 saturated carbocycles. The van der Waals surface area contributed by atoms with Crippen LogP contribution in [0.2, 0.25) is 0 Å². The molecule has 1 aromatic carbocycles. The lowest BCUT2D eigenvalue weighted by molar-refractivity contribution is -0.127. The van der Waals surface area contributed by atoms with Crippen LogP contribution in [0.4, 0.5) is 0 Å². The molecule has 1 aromatic rings. The SMILES string of the molecule is CC=CC(=O)N1CCC(CSc2ccc(OC)cc2)CC1. The Morgan fingerprint density at radius 1 is 1.33 bits per heavy atom. The molecule has 1 aliphatic rings. The number of hydrogen-bond donors (Lipinski definition) is 0. The van der Waals surface area contributed by atoms with Gasteiger partial charge in [-0.2, -0.15) is 0 Å². The van der Waals surface area contributed by atoms with Gasteiger partial charge in [0.1, 0.15) is 5.75 Å². The number of methoxy groups -OCH3 is 1. The first-order valence-electron chi connectivity index (χ1n) is 7.41. The minimum atomic E-state index is 0.152. The molecule has 0 unspecified atom stereocenters. The molecule has 1 amide bonds. The van der Waals surface area contributed by atoms with Crippen molar-refractivity contribution in [2.75, 3.05) is 26.0 Å². The summed E-state index contributed by atoms with van der Waals surface area (Å²) in [7, 11) is 1.69. The zero-order chi connectivity index (χ0) is 15.1. The molecular weight excluding hydrogens is 282 g/mol. The van der Waals surface area contributed by atoms with Crippen molar-refractivity contribution in [3.05, 3.63) is 36.4 Å². The summed E-state index contributed by atoms with van der Waals surface area (Å²) in [6, 6.07) is 8.21. The standard InChI is InChI=1S/C17H23NO2S/c1-3-4-17(19)18-11-9-14(10-12-18)13-21-16-7-5-15(20-2)6-8-16/h3-8,14H,9-13H2,1-2H3. The van der Waals surface area contributed by atoms with Crippen LogP contribution < -0.4 is 4.74 Å². The maximum atomic E-state index is 11.8. The maximum absolute atomic E-state index is 11.8. The lowest BCUT2D eigenvalue weighted by atomic mass is 9.99. The zero-order valence-corrected chi connectivity index (χ0v) is 13.6. The molecule has 0 aromatic heterocycles. The van der Waals surface area contributed by atoms with Crippen molar-refractivity contribution >= 4 is 17.7 Å². The fraction of sp³-hybridized carbons (Fsp3) is 0.471. The van der Waals surface area contributed by atoms with Crippen LogP contribution in [-0.4, -0.2) is 36.8 Å². The molecule has 3 nitrogen and oxygen atoms in total. The Morgan fingerprint density at radius 3 is 2.57 bits per heavy atom. The van der Waals surface area contributed by atoms with E-state index in [-0.39, 0.29) is 5.91 Å². The maximum Gasteiger partial charge on any atom is 0.246 e. The van der Waals surface area contributed by atoms with E-state index in [9.17, 15) is 4.79 Å². The van der Waals surface area contributed by atoms with E-state index in [1.165, 1.54) is 4.90 Å². The number of thioether (sulfide) groups is 1. The van der Waals surface area contributed by atoms with Crippen LogP contribution in [0.1, 0.15) is 19.8 Å². The van der Waals surface area contributed by atoms with Gasteiger partial charge in [0.15, 0.2) is 0 Å². The highest BCUT2D eigenvalue weighted by Gasteiger charge is 2.21. The molecule has 114 valence electrons. The summed E-state index contributed by atoms with van der Waals surface area (Å²) in [5.41, 5.74) is 0. The van der Waals surface area contributed by atoms with Crippen LogP contribution in [-0.2, 0) is 4.79 Å². The molecular formula is C17H23NO2S. The Labute approximate surface area is 131 Å². The highest BCUT2D eigenvalue weighted by Crippen LogP contribution is 2.27. The molecule has 0 atom stereocenters. The summed E-state index contributed by atoms with van der Waals surface area (Å²) < 4.78 is 5.17. The lowest BCUT2D eigenvalue weighted by Gasteiger charge is -2.31. The van der Waals surface area contributed by atoms with Crippen molar-refractivity contribution in [3.8, 4) is 5.75 Å². The molecule has 21 heavy (non-hydrogen) atoms. The number of benzene rings is 1. The lowest BCUT2D eigenvalue weighted by Crippen LogP contribution is -2.38. The van der Waals surface area contributed by atoms with Crippen molar-refractivity contribution < 1.29 is 9.53 Å². The topological polar surface area (TPSA) is 29.5 Å². The minimum absolute atomic E-state index is 0.152. The van der Waals surface area contributed by atoms with Gasteiger partial charge in [-0.05, 0) is 56.0 Å². The van der Waals surface area contributed by atoms with Gasteiger partial charge in [-0.25, -0.2) is 0 Å². The number of amides is 1. The molecule has 1 fully saturated rings. The first-order chi connectivity index (χ1) is 10.2. The number of ether oxygens (including phenoxy) is 1. The van der Waals surface area contributed by atoms with Crippen molar-refractivity contribution in [2.24, 2.45) is 5.92 Å². The van der Waals surface area contributed by atoms with Crippen LogP contribution in [0, 0.1) is 5.92 Å². The van der Waals surface area contributed by atoms with Gasteiger partial charge in [0.2, 0.25) is 5.91 Å². The normalized spacial score (nSPS) is 16.4. The van der Waals surface area contributed by atoms with E-state index in [1.54, 1.807) is 13.2 Å². The van der Waals surface area contributed by atoms with Crippen LogP contribution in [0.5, 0.6) is 5.75 Å². The molecule has 0 aliphatic carbocycles. The molecule has 0 N–H and O–H groups in total. The van der Waals surface area contributed by atoms with Gasteiger partial charge in [0.25, 0.3) is 0 Å². The fourth-order valence-corrected chi connectivity index (χ4v) is 3.54. The fourth-order valence-electron chi connectivity index (χ4n) is 2.45. The number of carbonyl (C=O) groups excluding carboxylic acids is 1. The summed E-state index contributed by atoms with van der Waals surface area (Å²) >= 11 is 1.89. The third-order valence-electron chi connectivity index (χ3n) is 3.78. The van der Waals surface area contributed by atoms with Gasteiger partial charge < -0.3 is 9.64 Å². The van der Waals surface area contributed by atoms with Crippen LogP contribution in [0.3, 0.4) is 0 Å². The van der Waals surface area contributed by atoms with Crippen molar-refractivity contribution in [1.82, 2.24) is 4.90 Å². The Morgan fingerprint density at radius 2 is 2.00 bits per heavy atom. The van der Waals surface area contributed by atoms with E-state index < -0.39 is 0 Å². The first-order valence-corrected chi connectivity index (χ1v) is 8.40. The van der Waals surface area contributed by atoms with Gasteiger partial charge in [0, 0.05) is 23.7 Å². The molecule has 1 aliphatic heterocycles. The van der Waals surface area contributed by atoms with E-state index in [0.29, 0.717) is 5.92 Å². The van der Waals surface area contributed by atoms with Crippen LogP contribution >= 0.6 is 11.8 Å². The first kappa shape index (κ1) is 16.0. The number of likely N-dealkylation sites (tertiary alicyclic amines) is 1. The number of carbonyl (C=O) groups is 1. The zero-order valence-electron chi connectivity index (χ0n) is 12.7. The monoisotopic (exact) mass is 305 g/mol. The number of hydrogen-bond acceptors (Lipinski definition) is 3. The molecule has 0 bridgehead atoms. The van der Waals surface area contributed by atoms with E-state index in [0.717, 1.165) is 37.4 Å². The Balaban J connectivity index is 1.74. The third kappa shape index (κ3) is 4.81. The summed E-state index contributed by atoms with van der Waals surface area (Å²) in [5, 5.41) is 0. The van der Waals surface area contributed by atoms with Gasteiger partial charge in [-0.3, -0.25) is 4.79 Å². The van der Waals surface area contributed by atoms with E-state index >= 15 is 0 Å². The van der Waals surface area contributed by atoms with E-state index in [1.807, 2.05) is 41.8 Å². The van der Waals surface area contributed by atoms with Crippen molar-refractivity contribution in [2.45, 2.75) is 24.7 Å². The Bertz CT molecular complexity index is 476. The average Bonchev–Trinajstić information content (AvgIpc) is 2.54. The second-order valence-corrected chi connectivity index (χ2v) is 6.35. The van der Waals surface area contributed by atoms with Crippen molar-refractivity contribution in [3.63, 3.8) is 0 Å². The molecule has 0 spiro atoms. The number of nitrogens with zero attached hydrogens (tertiary/aromatic N) is 1. The van der Waals surface area contributed by atoms with Gasteiger partial charge in [-0.1, -0.05) is 6.08 Å².